The Hall–Kier alpha value is -0.207. The maximum absolute atomic E-state index is 4.13. The van der Waals surface area contributed by atoms with Crippen LogP contribution in [0.5, 0.6) is 0 Å². The van der Waals surface area contributed by atoms with Gasteiger partial charge in [-0.15, -0.1) is 0 Å². The van der Waals surface area contributed by atoms with Gasteiger partial charge in [0.2, 0.25) is 0 Å². The van der Waals surface area contributed by atoms with Crippen LogP contribution in [0.2, 0.25) is 0 Å². The summed E-state index contributed by atoms with van der Waals surface area (Å²) in [6, 6.07) is 7.98. The van der Waals surface area contributed by atoms with Crippen molar-refractivity contribution < 1.29 is 19.5 Å². The van der Waals surface area contributed by atoms with Crippen molar-refractivity contribution in [3.05, 3.63) is 29.8 Å². The molecular formula is C7H7N2SZn-. The van der Waals surface area contributed by atoms with Crippen LogP contribution in [0.15, 0.2) is 24.3 Å². The molecule has 0 atom stereocenters. The Bertz CT molecular complexity index is 229. The standard InChI is InChI=1S/C7H7N2S.Zn/c10-7-8-5-3-1-2-4-6(5)9-7;/h1-4,8-10H;/q-1;. The summed E-state index contributed by atoms with van der Waals surface area (Å²) in [4.78, 5) is 0. The van der Waals surface area contributed by atoms with Crippen LogP contribution in [-0.2, 0) is 19.5 Å². The van der Waals surface area contributed by atoms with Crippen molar-refractivity contribution in [3.8, 4) is 0 Å². The molecule has 0 fully saturated rings. The van der Waals surface area contributed by atoms with Crippen molar-refractivity contribution in [2.45, 2.75) is 0 Å². The molecule has 2 rings (SSSR count). The molecule has 0 aromatic heterocycles. The molecule has 0 bridgehead atoms. The summed E-state index contributed by atoms with van der Waals surface area (Å²) in [7, 11) is 0. The van der Waals surface area contributed by atoms with Gasteiger partial charge in [0, 0.05) is 30.9 Å². The fourth-order valence-electron chi connectivity index (χ4n) is 0.987. The van der Waals surface area contributed by atoms with Crippen molar-refractivity contribution >= 4 is 24.0 Å². The number of nitrogens with one attached hydrogen (secondary N) is 2. The summed E-state index contributed by atoms with van der Waals surface area (Å²) < 4.78 is 0. The van der Waals surface area contributed by atoms with E-state index in [4.69, 9.17) is 0 Å². The Morgan fingerprint density at radius 2 is 1.55 bits per heavy atom. The first-order chi connectivity index (χ1) is 4.86. The first kappa shape index (κ1) is 8.89. The maximum atomic E-state index is 4.13. The molecule has 0 saturated heterocycles. The molecule has 0 unspecified atom stereocenters. The number of hydrogen-bond donors (Lipinski definition) is 3. The number of para-hydroxylation sites is 2. The summed E-state index contributed by atoms with van der Waals surface area (Å²) in [5.74, 6) is 0. The molecule has 0 saturated carbocycles. The van der Waals surface area contributed by atoms with Crippen LogP contribution < -0.4 is 10.6 Å². The molecule has 0 aliphatic carbocycles. The van der Waals surface area contributed by atoms with Crippen molar-refractivity contribution in [2.75, 3.05) is 10.6 Å². The van der Waals surface area contributed by atoms with Crippen LogP contribution in [0.1, 0.15) is 0 Å². The topological polar surface area (TPSA) is 24.1 Å². The second-order valence-electron chi connectivity index (χ2n) is 2.14. The van der Waals surface area contributed by atoms with Crippen molar-refractivity contribution in [1.29, 1.82) is 0 Å². The minimum Gasteiger partial charge on any atom is -0.502 e. The molecule has 2 N–H and O–H groups in total. The minimum atomic E-state index is 0. The molecule has 1 aromatic carbocycles. The number of benzene rings is 1. The van der Waals surface area contributed by atoms with Crippen LogP contribution in [-0.4, -0.2) is 0 Å². The monoisotopic (exact) mass is 215 g/mol. The summed E-state index contributed by atoms with van der Waals surface area (Å²) in [5.41, 5.74) is 2.97. The van der Waals surface area contributed by atoms with E-state index >= 15 is 0 Å². The van der Waals surface area contributed by atoms with Gasteiger partial charge in [-0.25, -0.2) is 0 Å². The van der Waals surface area contributed by atoms with E-state index in [1.807, 2.05) is 24.3 Å². The Morgan fingerprint density at radius 1 is 1.09 bits per heavy atom. The van der Waals surface area contributed by atoms with E-state index in [2.05, 4.69) is 23.3 Å². The zero-order valence-electron chi connectivity index (χ0n) is 5.96. The van der Waals surface area contributed by atoms with Gasteiger partial charge >= 0.3 is 0 Å². The zero-order valence-corrected chi connectivity index (χ0v) is 9.83. The van der Waals surface area contributed by atoms with Crippen molar-refractivity contribution in [3.63, 3.8) is 0 Å². The number of thiol groups is 1. The third-order valence-corrected chi connectivity index (χ3v) is 1.66. The van der Waals surface area contributed by atoms with Crippen molar-refractivity contribution in [1.82, 2.24) is 0 Å². The second kappa shape index (κ2) is 3.46. The Morgan fingerprint density at radius 3 is 2.00 bits per heavy atom. The van der Waals surface area contributed by atoms with E-state index in [0.29, 0.717) is 0 Å². The van der Waals surface area contributed by atoms with E-state index in [9.17, 15) is 0 Å². The van der Waals surface area contributed by atoms with Crippen LogP contribution in [0.25, 0.3) is 0 Å². The predicted molar refractivity (Wildman–Crippen MR) is 45.9 cm³/mol. The van der Waals surface area contributed by atoms with Crippen LogP contribution in [0, 0.1) is 5.50 Å². The quantitative estimate of drug-likeness (QED) is 0.351. The predicted octanol–water partition coefficient (Wildman–Crippen LogP) is 1.90. The molecule has 0 amide bonds. The smallest absolute Gasteiger partial charge is 0.0282 e. The summed E-state index contributed by atoms with van der Waals surface area (Å²) in [6.45, 7) is 0. The normalized spacial score (nSPS) is 14.3. The minimum absolute atomic E-state index is 0. The first-order valence-corrected chi connectivity index (χ1v) is 3.50. The third kappa shape index (κ3) is 1.68. The van der Waals surface area contributed by atoms with Gasteiger partial charge in [0.25, 0.3) is 0 Å². The Labute approximate surface area is 83.9 Å². The number of rotatable bonds is 0. The third-order valence-electron chi connectivity index (χ3n) is 1.43. The second-order valence-corrected chi connectivity index (χ2v) is 2.59. The van der Waals surface area contributed by atoms with Gasteiger partial charge in [-0.3, -0.25) is 0 Å². The molecule has 0 spiro atoms. The molecular weight excluding hydrogens is 210 g/mol. The first-order valence-electron chi connectivity index (χ1n) is 3.05. The molecule has 11 heavy (non-hydrogen) atoms. The average molecular weight is 217 g/mol. The van der Waals surface area contributed by atoms with Crippen LogP contribution >= 0.6 is 12.6 Å². The summed E-state index contributed by atoms with van der Waals surface area (Å²) in [5, 5.41) is 6.13. The molecule has 1 aliphatic rings. The van der Waals surface area contributed by atoms with E-state index in [1.165, 1.54) is 0 Å². The van der Waals surface area contributed by atoms with Gasteiger partial charge in [-0.05, 0) is 12.1 Å². The molecule has 2 nitrogen and oxygen atoms in total. The fourth-order valence-corrected chi connectivity index (χ4v) is 1.23. The number of hydrogen-bond acceptors (Lipinski definition) is 3. The molecule has 1 aliphatic heterocycles. The molecule has 4 heteroatoms. The van der Waals surface area contributed by atoms with Gasteiger partial charge in [-0.1, -0.05) is 17.6 Å². The average Bonchev–Trinajstić information content (AvgIpc) is 2.27. The van der Waals surface area contributed by atoms with Gasteiger partial charge in [0.1, 0.15) is 0 Å². The SMILES string of the molecule is S[C-]1Nc2ccccc2N1.[Zn]. The van der Waals surface area contributed by atoms with Gasteiger partial charge in [0.15, 0.2) is 0 Å². The van der Waals surface area contributed by atoms with Crippen molar-refractivity contribution in [2.24, 2.45) is 0 Å². The molecule has 1 aromatic rings. The molecule has 1 heterocycles. The van der Waals surface area contributed by atoms with Crippen LogP contribution in [0.4, 0.5) is 11.4 Å². The van der Waals surface area contributed by atoms with E-state index < -0.39 is 0 Å². The summed E-state index contributed by atoms with van der Waals surface area (Å²) >= 11 is 4.13. The van der Waals surface area contributed by atoms with Gasteiger partial charge in [-0.2, -0.15) is 0 Å². The van der Waals surface area contributed by atoms with Gasteiger partial charge < -0.3 is 23.3 Å². The Kier molecular flexibility index (Phi) is 2.80. The Balaban J connectivity index is 0.000000605. The van der Waals surface area contributed by atoms with Gasteiger partial charge in [0.05, 0.1) is 0 Å². The van der Waals surface area contributed by atoms with E-state index in [0.717, 1.165) is 16.9 Å². The molecule has 54 valence electrons. The van der Waals surface area contributed by atoms with Crippen LogP contribution in [0.3, 0.4) is 0 Å². The number of fused-ring (bicyclic) bond motifs is 1. The van der Waals surface area contributed by atoms with E-state index in [-0.39, 0.29) is 19.5 Å². The summed E-state index contributed by atoms with van der Waals surface area (Å²) in [6.07, 6.45) is 0. The maximum Gasteiger partial charge on any atom is 0.0282 e. The zero-order chi connectivity index (χ0) is 6.97. The largest absolute Gasteiger partial charge is 0.502 e. The fraction of sp³-hybridized carbons (Fsp3) is 0. The molecule has 0 radical (unpaired) electrons. The van der Waals surface area contributed by atoms with E-state index in [1.54, 1.807) is 0 Å². The number of anilines is 2.